The second kappa shape index (κ2) is 8.36. The minimum atomic E-state index is -0.394. The van der Waals surface area contributed by atoms with Crippen molar-refractivity contribution in [2.45, 2.75) is 0 Å². The van der Waals surface area contributed by atoms with Crippen LogP contribution in [0.25, 0.3) is 44.9 Å². The molecule has 0 saturated carbocycles. The molecule has 0 amide bonds. The Morgan fingerprint density at radius 1 is 0.500 bits per heavy atom. The third-order valence-electron chi connectivity index (χ3n) is 5.41. The van der Waals surface area contributed by atoms with Crippen molar-refractivity contribution in [3.8, 4) is 44.9 Å². The Kier molecular flexibility index (Phi) is 5.10. The predicted octanol–water partition coefficient (Wildman–Crippen LogP) is 7.86. The number of nitro groups is 1. The maximum Gasteiger partial charge on any atom is 0.269 e. The van der Waals surface area contributed by atoms with E-state index < -0.39 is 4.92 Å². The summed E-state index contributed by atoms with van der Waals surface area (Å²) in [5.74, 6) is 1.45. The van der Waals surface area contributed by atoms with E-state index in [2.05, 4.69) is 24.3 Å². The average molecular weight is 417 g/mol. The Balaban J connectivity index is 1.84. The van der Waals surface area contributed by atoms with Crippen LogP contribution in [0.5, 0.6) is 0 Å². The molecule has 1 aromatic heterocycles. The third-order valence-corrected chi connectivity index (χ3v) is 5.41. The molecule has 32 heavy (non-hydrogen) atoms. The van der Waals surface area contributed by atoms with E-state index in [-0.39, 0.29) is 5.69 Å². The standard InChI is InChI=1S/C28H19NO3/c30-29(31)24-18-16-23(17-19-24)28-26(21-12-6-2-7-13-21)25(20-10-4-1-5-11-20)27(32-28)22-14-8-3-9-15-22/h1-19H. The van der Waals surface area contributed by atoms with E-state index in [1.54, 1.807) is 12.1 Å². The van der Waals surface area contributed by atoms with Crippen LogP contribution in [0.3, 0.4) is 0 Å². The first kappa shape index (κ1) is 19.5. The Labute approximate surface area is 185 Å². The maximum absolute atomic E-state index is 11.1. The Bertz CT molecular complexity index is 1360. The molecule has 4 nitrogen and oxygen atoms in total. The summed E-state index contributed by atoms with van der Waals surface area (Å²) in [6, 6.07) is 36.8. The Morgan fingerprint density at radius 2 is 0.875 bits per heavy atom. The highest BCUT2D eigenvalue weighted by Gasteiger charge is 2.25. The van der Waals surface area contributed by atoms with Crippen molar-refractivity contribution in [3.05, 3.63) is 125 Å². The molecule has 154 valence electrons. The molecule has 0 aliphatic carbocycles. The fourth-order valence-electron chi connectivity index (χ4n) is 3.92. The summed E-state index contributed by atoms with van der Waals surface area (Å²) in [4.78, 5) is 10.8. The van der Waals surface area contributed by atoms with E-state index in [0.29, 0.717) is 5.76 Å². The van der Waals surface area contributed by atoms with E-state index >= 15 is 0 Å². The highest BCUT2D eigenvalue weighted by atomic mass is 16.6. The summed E-state index contributed by atoms with van der Waals surface area (Å²) in [5.41, 5.74) is 5.83. The highest BCUT2D eigenvalue weighted by molar-refractivity contribution is 5.99. The molecule has 4 aromatic carbocycles. The lowest BCUT2D eigenvalue weighted by Crippen LogP contribution is -1.88. The normalized spacial score (nSPS) is 10.8. The second-order valence-corrected chi connectivity index (χ2v) is 7.41. The van der Waals surface area contributed by atoms with Gasteiger partial charge < -0.3 is 4.42 Å². The maximum atomic E-state index is 11.1. The van der Waals surface area contributed by atoms with Crippen LogP contribution in [0.15, 0.2) is 120 Å². The van der Waals surface area contributed by atoms with Gasteiger partial charge in [0.15, 0.2) is 0 Å². The van der Waals surface area contributed by atoms with Crippen LogP contribution in [0.1, 0.15) is 0 Å². The van der Waals surface area contributed by atoms with Crippen molar-refractivity contribution < 1.29 is 9.34 Å². The first-order valence-electron chi connectivity index (χ1n) is 10.3. The molecule has 0 aliphatic heterocycles. The molecule has 5 rings (SSSR count). The Hall–Kier alpha value is -4.44. The molecule has 0 aliphatic rings. The number of hydrogen-bond donors (Lipinski definition) is 0. The molecule has 0 bridgehead atoms. The Morgan fingerprint density at radius 3 is 1.28 bits per heavy atom. The molecule has 5 aromatic rings. The zero-order valence-corrected chi connectivity index (χ0v) is 17.1. The van der Waals surface area contributed by atoms with E-state index in [4.69, 9.17) is 4.42 Å². The summed E-state index contributed by atoms with van der Waals surface area (Å²) in [5, 5.41) is 11.1. The molecule has 0 spiro atoms. The molecule has 0 atom stereocenters. The number of furan rings is 1. The van der Waals surface area contributed by atoms with Gasteiger partial charge in [-0.25, -0.2) is 0 Å². The molecular weight excluding hydrogens is 398 g/mol. The van der Waals surface area contributed by atoms with Crippen molar-refractivity contribution in [2.24, 2.45) is 0 Å². The average Bonchev–Trinajstić information content (AvgIpc) is 3.26. The third kappa shape index (κ3) is 3.59. The lowest BCUT2D eigenvalue weighted by Gasteiger charge is -2.08. The van der Waals surface area contributed by atoms with Crippen molar-refractivity contribution in [3.63, 3.8) is 0 Å². The lowest BCUT2D eigenvalue weighted by atomic mass is 9.91. The summed E-state index contributed by atoms with van der Waals surface area (Å²) in [6.45, 7) is 0. The van der Waals surface area contributed by atoms with Gasteiger partial charge in [-0.1, -0.05) is 91.0 Å². The fraction of sp³-hybridized carbons (Fsp3) is 0. The van der Waals surface area contributed by atoms with Gasteiger partial charge in [0.1, 0.15) is 11.5 Å². The second-order valence-electron chi connectivity index (χ2n) is 7.41. The summed E-state index contributed by atoms with van der Waals surface area (Å²) in [6.07, 6.45) is 0. The van der Waals surface area contributed by atoms with Crippen LogP contribution in [-0.2, 0) is 0 Å². The van der Waals surface area contributed by atoms with Gasteiger partial charge in [-0.05, 0) is 23.3 Å². The molecule has 0 radical (unpaired) electrons. The molecule has 0 N–H and O–H groups in total. The topological polar surface area (TPSA) is 56.3 Å². The quantitative estimate of drug-likeness (QED) is 0.216. The molecular formula is C28H19NO3. The van der Waals surface area contributed by atoms with Crippen molar-refractivity contribution in [1.29, 1.82) is 0 Å². The van der Waals surface area contributed by atoms with Gasteiger partial charge in [0, 0.05) is 34.4 Å². The van der Waals surface area contributed by atoms with Crippen molar-refractivity contribution in [1.82, 2.24) is 0 Å². The fourth-order valence-corrected chi connectivity index (χ4v) is 3.92. The number of benzene rings is 4. The van der Waals surface area contributed by atoms with E-state index in [1.807, 2.05) is 66.7 Å². The summed E-state index contributed by atoms with van der Waals surface area (Å²) >= 11 is 0. The van der Waals surface area contributed by atoms with Gasteiger partial charge in [-0.3, -0.25) is 10.1 Å². The first-order chi connectivity index (χ1) is 15.7. The van der Waals surface area contributed by atoms with Crippen molar-refractivity contribution in [2.75, 3.05) is 0 Å². The first-order valence-corrected chi connectivity index (χ1v) is 10.3. The van der Waals surface area contributed by atoms with Gasteiger partial charge in [-0.2, -0.15) is 0 Å². The van der Waals surface area contributed by atoms with Crippen LogP contribution in [0.4, 0.5) is 5.69 Å². The van der Waals surface area contributed by atoms with Gasteiger partial charge in [-0.15, -0.1) is 0 Å². The number of nitrogens with zero attached hydrogens (tertiary/aromatic N) is 1. The van der Waals surface area contributed by atoms with E-state index in [9.17, 15) is 10.1 Å². The largest absolute Gasteiger partial charge is 0.455 e. The number of rotatable bonds is 5. The van der Waals surface area contributed by atoms with Crippen LogP contribution < -0.4 is 0 Å². The number of nitro benzene ring substituents is 1. The van der Waals surface area contributed by atoms with E-state index in [1.165, 1.54) is 12.1 Å². The number of non-ortho nitro benzene ring substituents is 1. The van der Waals surface area contributed by atoms with Gasteiger partial charge in [0.05, 0.1) is 4.92 Å². The van der Waals surface area contributed by atoms with Crippen molar-refractivity contribution >= 4 is 5.69 Å². The molecule has 4 heteroatoms. The zero-order chi connectivity index (χ0) is 21.9. The molecule has 0 saturated heterocycles. The molecule has 0 fully saturated rings. The minimum absolute atomic E-state index is 0.0492. The van der Waals surface area contributed by atoms with Crippen LogP contribution in [0, 0.1) is 10.1 Å². The smallest absolute Gasteiger partial charge is 0.269 e. The van der Waals surface area contributed by atoms with Crippen LogP contribution >= 0.6 is 0 Å². The summed E-state index contributed by atoms with van der Waals surface area (Å²) in [7, 11) is 0. The molecule has 1 heterocycles. The van der Waals surface area contributed by atoms with Crippen LogP contribution in [0.2, 0.25) is 0 Å². The van der Waals surface area contributed by atoms with Gasteiger partial charge in [0.25, 0.3) is 5.69 Å². The zero-order valence-electron chi connectivity index (χ0n) is 17.1. The number of hydrogen-bond acceptors (Lipinski definition) is 3. The SMILES string of the molecule is O=[N+]([O-])c1ccc(-c2oc(-c3ccccc3)c(-c3ccccc3)c2-c2ccccc2)cc1. The van der Waals surface area contributed by atoms with Crippen LogP contribution in [-0.4, -0.2) is 4.92 Å². The highest BCUT2D eigenvalue weighted by Crippen LogP contribution is 2.48. The summed E-state index contributed by atoms with van der Waals surface area (Å²) < 4.78 is 6.56. The van der Waals surface area contributed by atoms with Gasteiger partial charge in [0.2, 0.25) is 0 Å². The lowest BCUT2D eigenvalue weighted by molar-refractivity contribution is -0.384. The molecule has 0 unspecified atom stereocenters. The van der Waals surface area contributed by atoms with E-state index in [0.717, 1.165) is 39.1 Å². The predicted molar refractivity (Wildman–Crippen MR) is 127 cm³/mol. The monoisotopic (exact) mass is 417 g/mol. The van der Waals surface area contributed by atoms with Gasteiger partial charge >= 0.3 is 0 Å². The minimum Gasteiger partial charge on any atom is -0.455 e.